The highest BCUT2D eigenvalue weighted by atomic mass is 35.5. The molecule has 0 fully saturated rings. The molecule has 0 spiro atoms. The summed E-state index contributed by atoms with van der Waals surface area (Å²) < 4.78 is 7.27. The van der Waals surface area contributed by atoms with E-state index in [1.807, 2.05) is 18.3 Å². The van der Waals surface area contributed by atoms with Gasteiger partial charge in [-0.05, 0) is 18.2 Å². The van der Waals surface area contributed by atoms with Crippen molar-refractivity contribution in [1.29, 1.82) is 0 Å². The third-order valence-corrected chi connectivity index (χ3v) is 2.73. The van der Waals surface area contributed by atoms with E-state index in [2.05, 4.69) is 5.10 Å². The molecule has 0 aliphatic carbocycles. The lowest BCUT2D eigenvalue weighted by Crippen LogP contribution is -2.06. The molecule has 3 rings (SSSR count). The van der Waals surface area contributed by atoms with Crippen LogP contribution < -0.4 is 11.2 Å². The summed E-state index contributed by atoms with van der Waals surface area (Å²) in [4.78, 5) is 11.8. The van der Waals surface area contributed by atoms with E-state index in [4.69, 9.17) is 10.2 Å². The zero-order valence-corrected chi connectivity index (χ0v) is 10.8. The molecule has 0 aliphatic heterocycles. The number of rotatable bonds is 2. The lowest BCUT2D eigenvalue weighted by atomic mass is 10.2. The van der Waals surface area contributed by atoms with Crippen LogP contribution in [-0.4, -0.2) is 9.78 Å². The first-order chi connectivity index (χ1) is 8.78. The summed E-state index contributed by atoms with van der Waals surface area (Å²) in [5, 5.41) is 4.68. The Morgan fingerprint density at radius 1 is 1.32 bits per heavy atom. The van der Waals surface area contributed by atoms with Crippen LogP contribution in [0.2, 0.25) is 0 Å². The molecule has 2 aromatic heterocycles. The molecule has 0 aliphatic rings. The van der Waals surface area contributed by atoms with Crippen LogP contribution in [-0.2, 0) is 6.54 Å². The Balaban J connectivity index is 0.00000133. The first-order valence-electron chi connectivity index (χ1n) is 5.55. The Labute approximate surface area is 115 Å². The number of hydrogen-bond acceptors (Lipinski definition) is 4. The van der Waals surface area contributed by atoms with E-state index >= 15 is 0 Å². The van der Waals surface area contributed by atoms with Gasteiger partial charge in [0.15, 0.2) is 5.43 Å². The molecule has 0 saturated carbocycles. The van der Waals surface area contributed by atoms with Crippen LogP contribution in [0.3, 0.4) is 0 Å². The van der Waals surface area contributed by atoms with E-state index < -0.39 is 0 Å². The molecule has 5 nitrogen and oxygen atoms in total. The van der Waals surface area contributed by atoms with Gasteiger partial charge in [-0.1, -0.05) is 0 Å². The molecule has 0 saturated heterocycles. The van der Waals surface area contributed by atoms with Crippen molar-refractivity contribution in [3.05, 3.63) is 58.7 Å². The van der Waals surface area contributed by atoms with Crippen molar-refractivity contribution in [2.45, 2.75) is 6.54 Å². The van der Waals surface area contributed by atoms with E-state index in [1.54, 1.807) is 23.0 Å². The number of aromatic nitrogens is 2. The number of fused-ring (bicyclic) bond motifs is 1. The zero-order valence-electron chi connectivity index (χ0n) is 9.95. The van der Waals surface area contributed by atoms with Gasteiger partial charge in [-0.15, -0.1) is 12.4 Å². The minimum atomic E-state index is -0.0799. The molecule has 2 N–H and O–H groups in total. The van der Waals surface area contributed by atoms with Crippen LogP contribution in [0.15, 0.2) is 51.9 Å². The molecule has 2 heterocycles. The number of benzene rings is 1. The first-order valence-corrected chi connectivity index (χ1v) is 5.55. The maximum atomic E-state index is 11.8. The molecule has 98 valence electrons. The molecule has 3 aromatic rings. The van der Waals surface area contributed by atoms with Gasteiger partial charge in [0.2, 0.25) is 0 Å². The largest absolute Gasteiger partial charge is 0.459 e. The second kappa shape index (κ2) is 5.26. The predicted molar refractivity (Wildman–Crippen MR) is 74.7 cm³/mol. The monoisotopic (exact) mass is 277 g/mol. The van der Waals surface area contributed by atoms with Crippen LogP contribution in [0.4, 0.5) is 0 Å². The van der Waals surface area contributed by atoms with Gasteiger partial charge < -0.3 is 10.2 Å². The highest BCUT2D eigenvalue weighted by molar-refractivity contribution is 5.85. The Hall–Kier alpha value is -2.11. The highest BCUT2D eigenvalue weighted by Crippen LogP contribution is 2.16. The quantitative estimate of drug-likeness (QED) is 0.776. The SMILES string of the molecule is Cl.NCc1cc(=O)c2ccc(-n3cccn3)cc2o1. The minimum Gasteiger partial charge on any atom is -0.459 e. The topological polar surface area (TPSA) is 74.1 Å². The second-order valence-electron chi connectivity index (χ2n) is 3.91. The Morgan fingerprint density at radius 2 is 2.16 bits per heavy atom. The van der Waals surface area contributed by atoms with Gasteiger partial charge in [-0.25, -0.2) is 4.68 Å². The van der Waals surface area contributed by atoms with E-state index in [0.717, 1.165) is 5.69 Å². The van der Waals surface area contributed by atoms with Crippen LogP contribution in [0, 0.1) is 0 Å². The van der Waals surface area contributed by atoms with Crippen molar-refractivity contribution in [1.82, 2.24) is 9.78 Å². The molecule has 0 atom stereocenters. The van der Waals surface area contributed by atoms with Crippen molar-refractivity contribution >= 4 is 23.4 Å². The zero-order chi connectivity index (χ0) is 12.5. The molecule has 19 heavy (non-hydrogen) atoms. The minimum absolute atomic E-state index is 0. The molecule has 0 radical (unpaired) electrons. The summed E-state index contributed by atoms with van der Waals surface area (Å²) in [7, 11) is 0. The molecular weight excluding hydrogens is 266 g/mol. The van der Waals surface area contributed by atoms with Gasteiger partial charge in [-0.3, -0.25) is 4.79 Å². The Morgan fingerprint density at radius 3 is 2.84 bits per heavy atom. The Bertz CT molecular complexity index is 750. The fraction of sp³-hybridized carbons (Fsp3) is 0.0769. The predicted octanol–water partition coefficient (Wildman–Crippen LogP) is 1.86. The van der Waals surface area contributed by atoms with Crippen molar-refractivity contribution in [2.75, 3.05) is 0 Å². The maximum absolute atomic E-state index is 11.8. The normalized spacial score (nSPS) is 10.4. The van der Waals surface area contributed by atoms with E-state index in [1.165, 1.54) is 6.07 Å². The van der Waals surface area contributed by atoms with Crippen LogP contribution >= 0.6 is 12.4 Å². The fourth-order valence-corrected chi connectivity index (χ4v) is 1.86. The van der Waals surface area contributed by atoms with Crippen molar-refractivity contribution in [3.63, 3.8) is 0 Å². The molecule has 0 unspecified atom stereocenters. The average Bonchev–Trinajstić information content (AvgIpc) is 2.91. The highest BCUT2D eigenvalue weighted by Gasteiger charge is 2.05. The van der Waals surface area contributed by atoms with Gasteiger partial charge in [0.1, 0.15) is 11.3 Å². The summed E-state index contributed by atoms with van der Waals surface area (Å²) in [5.41, 5.74) is 6.77. The summed E-state index contributed by atoms with van der Waals surface area (Å²) in [5.74, 6) is 0.477. The number of hydrogen-bond donors (Lipinski definition) is 1. The third-order valence-electron chi connectivity index (χ3n) is 2.73. The van der Waals surface area contributed by atoms with E-state index in [0.29, 0.717) is 16.7 Å². The van der Waals surface area contributed by atoms with Gasteiger partial charge in [0.25, 0.3) is 0 Å². The molecule has 0 amide bonds. The van der Waals surface area contributed by atoms with E-state index in [-0.39, 0.29) is 24.4 Å². The van der Waals surface area contributed by atoms with Gasteiger partial charge in [0, 0.05) is 24.5 Å². The summed E-state index contributed by atoms with van der Waals surface area (Å²) in [6.07, 6.45) is 3.52. The van der Waals surface area contributed by atoms with E-state index in [9.17, 15) is 4.79 Å². The smallest absolute Gasteiger partial charge is 0.193 e. The molecule has 0 bridgehead atoms. The third kappa shape index (κ3) is 2.38. The standard InChI is InChI=1S/C13H11N3O2.ClH/c14-8-10-7-12(17)11-3-2-9(6-13(11)18-10)16-5-1-4-15-16;/h1-7H,8,14H2;1H. The van der Waals surface area contributed by atoms with Gasteiger partial charge >= 0.3 is 0 Å². The van der Waals surface area contributed by atoms with Crippen molar-refractivity contribution < 1.29 is 4.42 Å². The van der Waals surface area contributed by atoms with Crippen molar-refractivity contribution in [2.24, 2.45) is 5.73 Å². The van der Waals surface area contributed by atoms with Crippen LogP contribution in [0.25, 0.3) is 16.7 Å². The lowest BCUT2D eigenvalue weighted by Gasteiger charge is -2.04. The summed E-state index contributed by atoms with van der Waals surface area (Å²) in [6, 6.07) is 8.60. The first kappa shape index (κ1) is 13.3. The van der Waals surface area contributed by atoms with Crippen molar-refractivity contribution in [3.8, 4) is 5.69 Å². The van der Waals surface area contributed by atoms with Gasteiger partial charge in [-0.2, -0.15) is 5.10 Å². The van der Waals surface area contributed by atoms with Crippen LogP contribution in [0.1, 0.15) is 5.76 Å². The molecular formula is C13H12ClN3O2. The summed E-state index contributed by atoms with van der Waals surface area (Å²) >= 11 is 0. The number of nitrogens with two attached hydrogens (primary N) is 1. The Kier molecular flexibility index (Phi) is 3.69. The lowest BCUT2D eigenvalue weighted by molar-refractivity contribution is 0.538. The molecule has 6 heteroatoms. The van der Waals surface area contributed by atoms with Crippen LogP contribution in [0.5, 0.6) is 0 Å². The second-order valence-corrected chi connectivity index (χ2v) is 3.91. The summed E-state index contributed by atoms with van der Waals surface area (Å²) in [6.45, 7) is 0.206. The number of halogens is 1. The number of nitrogens with zero attached hydrogens (tertiary/aromatic N) is 2. The molecule has 1 aromatic carbocycles. The maximum Gasteiger partial charge on any atom is 0.193 e. The van der Waals surface area contributed by atoms with Gasteiger partial charge in [0.05, 0.1) is 17.6 Å². The average molecular weight is 278 g/mol. The fourth-order valence-electron chi connectivity index (χ4n) is 1.86.